The van der Waals surface area contributed by atoms with E-state index in [0.717, 1.165) is 24.2 Å². The lowest BCUT2D eigenvalue weighted by Crippen LogP contribution is -2.03. The van der Waals surface area contributed by atoms with Crippen LogP contribution in [-0.4, -0.2) is 9.55 Å². The van der Waals surface area contributed by atoms with Crippen LogP contribution < -0.4 is 0 Å². The minimum absolute atomic E-state index is 0.194. The molecule has 1 aromatic heterocycles. The summed E-state index contributed by atoms with van der Waals surface area (Å²) >= 11 is 5.76. The van der Waals surface area contributed by atoms with E-state index in [2.05, 4.69) is 4.98 Å². The monoisotopic (exact) mass is 238 g/mol. The predicted molar refractivity (Wildman–Crippen MR) is 61.9 cm³/mol. The van der Waals surface area contributed by atoms with Crippen LogP contribution in [0.5, 0.6) is 0 Å². The zero-order chi connectivity index (χ0) is 11.4. The van der Waals surface area contributed by atoms with Crippen LogP contribution in [0.25, 0.3) is 0 Å². The van der Waals surface area contributed by atoms with Crippen LogP contribution in [0.15, 0.2) is 36.8 Å². The van der Waals surface area contributed by atoms with E-state index in [0.29, 0.717) is 5.88 Å². The Bertz CT molecular complexity index is 468. The van der Waals surface area contributed by atoms with Gasteiger partial charge in [-0.15, -0.1) is 11.6 Å². The fourth-order valence-corrected chi connectivity index (χ4v) is 1.83. The van der Waals surface area contributed by atoms with Crippen LogP contribution in [0, 0.1) is 5.82 Å². The van der Waals surface area contributed by atoms with E-state index in [4.69, 9.17) is 11.6 Å². The van der Waals surface area contributed by atoms with E-state index in [1.165, 1.54) is 6.07 Å². The molecule has 0 saturated heterocycles. The lowest BCUT2D eigenvalue weighted by molar-refractivity contribution is 0.620. The quantitative estimate of drug-likeness (QED) is 0.749. The van der Waals surface area contributed by atoms with Crippen molar-refractivity contribution in [1.29, 1.82) is 0 Å². The minimum Gasteiger partial charge on any atom is -0.333 e. The second kappa shape index (κ2) is 5.12. The van der Waals surface area contributed by atoms with Crippen molar-refractivity contribution in [3.63, 3.8) is 0 Å². The molecule has 0 fully saturated rings. The van der Waals surface area contributed by atoms with Gasteiger partial charge in [0.15, 0.2) is 0 Å². The van der Waals surface area contributed by atoms with Crippen LogP contribution in [0.4, 0.5) is 4.39 Å². The highest BCUT2D eigenvalue weighted by Gasteiger charge is 2.01. The topological polar surface area (TPSA) is 17.8 Å². The summed E-state index contributed by atoms with van der Waals surface area (Å²) in [7, 11) is 0. The number of halogens is 2. The summed E-state index contributed by atoms with van der Waals surface area (Å²) in [6.07, 6.45) is 4.27. The van der Waals surface area contributed by atoms with Gasteiger partial charge in [0.2, 0.25) is 0 Å². The Balaban J connectivity index is 2.02. The SMILES string of the molecule is Fc1cccc(CCn2cncc2CCl)c1. The molecule has 0 bridgehead atoms. The third kappa shape index (κ3) is 2.61. The van der Waals surface area contributed by atoms with E-state index in [9.17, 15) is 4.39 Å². The smallest absolute Gasteiger partial charge is 0.123 e. The normalized spacial score (nSPS) is 10.6. The van der Waals surface area contributed by atoms with Gasteiger partial charge in [0.05, 0.1) is 17.9 Å². The molecule has 84 valence electrons. The summed E-state index contributed by atoms with van der Waals surface area (Å²) in [4.78, 5) is 4.03. The molecule has 2 aromatic rings. The molecule has 0 spiro atoms. The maximum absolute atomic E-state index is 12.9. The van der Waals surface area contributed by atoms with Crippen molar-refractivity contribution in [1.82, 2.24) is 9.55 Å². The van der Waals surface area contributed by atoms with Gasteiger partial charge in [0, 0.05) is 12.7 Å². The van der Waals surface area contributed by atoms with E-state index < -0.39 is 0 Å². The Morgan fingerprint density at radius 3 is 3.00 bits per heavy atom. The standard InChI is InChI=1S/C12H12ClFN2/c13-7-12-8-15-9-16(12)5-4-10-2-1-3-11(14)6-10/h1-3,6,8-9H,4-5,7H2. The highest BCUT2D eigenvalue weighted by atomic mass is 35.5. The zero-order valence-electron chi connectivity index (χ0n) is 8.74. The molecule has 0 aliphatic rings. The van der Waals surface area contributed by atoms with Gasteiger partial charge in [-0.2, -0.15) is 0 Å². The molecule has 1 heterocycles. The summed E-state index contributed by atoms with van der Waals surface area (Å²) in [6, 6.07) is 6.64. The Labute approximate surface area is 98.7 Å². The lowest BCUT2D eigenvalue weighted by Gasteiger charge is -2.06. The van der Waals surface area contributed by atoms with Crippen molar-refractivity contribution in [2.24, 2.45) is 0 Å². The molecule has 4 heteroatoms. The molecule has 16 heavy (non-hydrogen) atoms. The van der Waals surface area contributed by atoms with Gasteiger partial charge in [-0.1, -0.05) is 12.1 Å². The first kappa shape index (κ1) is 11.1. The largest absolute Gasteiger partial charge is 0.333 e. The Hall–Kier alpha value is -1.35. The van der Waals surface area contributed by atoms with E-state index in [1.807, 2.05) is 10.6 Å². The summed E-state index contributed by atoms with van der Waals surface area (Å²) in [5.74, 6) is 0.254. The van der Waals surface area contributed by atoms with E-state index >= 15 is 0 Å². The Morgan fingerprint density at radius 1 is 1.38 bits per heavy atom. The molecule has 0 unspecified atom stereocenters. The van der Waals surface area contributed by atoms with Crippen molar-refractivity contribution in [3.8, 4) is 0 Å². The van der Waals surface area contributed by atoms with Crippen LogP contribution >= 0.6 is 11.6 Å². The third-order valence-corrected chi connectivity index (χ3v) is 2.74. The van der Waals surface area contributed by atoms with Crippen LogP contribution in [0.3, 0.4) is 0 Å². The van der Waals surface area contributed by atoms with Crippen molar-refractivity contribution in [3.05, 3.63) is 53.9 Å². The first-order valence-corrected chi connectivity index (χ1v) is 5.62. The number of alkyl halides is 1. The second-order valence-corrected chi connectivity index (χ2v) is 3.86. The number of aryl methyl sites for hydroxylation is 2. The summed E-state index contributed by atoms with van der Waals surface area (Å²) < 4.78 is 14.9. The first-order valence-electron chi connectivity index (χ1n) is 5.09. The molecule has 0 amide bonds. The molecule has 2 rings (SSSR count). The van der Waals surface area contributed by atoms with Crippen molar-refractivity contribution in [2.45, 2.75) is 18.8 Å². The van der Waals surface area contributed by atoms with Gasteiger partial charge in [-0.3, -0.25) is 0 Å². The molecule has 2 nitrogen and oxygen atoms in total. The van der Waals surface area contributed by atoms with Gasteiger partial charge in [-0.05, 0) is 24.1 Å². The molecule has 0 radical (unpaired) electrons. The van der Waals surface area contributed by atoms with Crippen LogP contribution in [0.1, 0.15) is 11.3 Å². The first-order chi connectivity index (χ1) is 7.79. The average molecular weight is 239 g/mol. The number of imidazole rings is 1. The fourth-order valence-electron chi connectivity index (χ4n) is 1.60. The Morgan fingerprint density at radius 2 is 2.25 bits per heavy atom. The predicted octanol–water partition coefficient (Wildman–Crippen LogP) is 3.00. The molecule has 0 saturated carbocycles. The molecule has 0 N–H and O–H groups in total. The van der Waals surface area contributed by atoms with Crippen molar-refractivity contribution < 1.29 is 4.39 Å². The number of benzene rings is 1. The van der Waals surface area contributed by atoms with E-state index in [1.54, 1.807) is 24.7 Å². The fraction of sp³-hybridized carbons (Fsp3) is 0.250. The third-order valence-electron chi connectivity index (χ3n) is 2.47. The van der Waals surface area contributed by atoms with Crippen LogP contribution in [0.2, 0.25) is 0 Å². The maximum atomic E-state index is 12.9. The maximum Gasteiger partial charge on any atom is 0.123 e. The zero-order valence-corrected chi connectivity index (χ0v) is 9.49. The van der Waals surface area contributed by atoms with Crippen molar-refractivity contribution >= 4 is 11.6 Å². The van der Waals surface area contributed by atoms with Crippen molar-refractivity contribution in [2.75, 3.05) is 0 Å². The number of rotatable bonds is 4. The Kier molecular flexibility index (Phi) is 3.57. The number of nitrogens with zero attached hydrogens (tertiary/aromatic N) is 2. The molecule has 0 aliphatic carbocycles. The summed E-state index contributed by atoms with van der Waals surface area (Å²) in [5.41, 5.74) is 1.97. The number of hydrogen-bond acceptors (Lipinski definition) is 1. The second-order valence-electron chi connectivity index (χ2n) is 3.59. The molecular formula is C12H12ClFN2. The van der Waals surface area contributed by atoms with Gasteiger partial charge in [0.25, 0.3) is 0 Å². The van der Waals surface area contributed by atoms with Gasteiger partial charge >= 0.3 is 0 Å². The molecule has 0 atom stereocenters. The lowest BCUT2D eigenvalue weighted by atomic mass is 10.1. The summed E-state index contributed by atoms with van der Waals surface area (Å²) in [5, 5.41) is 0. The summed E-state index contributed by atoms with van der Waals surface area (Å²) in [6.45, 7) is 0.769. The van der Waals surface area contributed by atoms with Crippen LogP contribution in [-0.2, 0) is 18.8 Å². The molecule has 1 aromatic carbocycles. The molecular weight excluding hydrogens is 227 g/mol. The number of hydrogen-bond donors (Lipinski definition) is 0. The molecule has 0 aliphatic heterocycles. The number of aromatic nitrogens is 2. The van der Waals surface area contributed by atoms with Gasteiger partial charge < -0.3 is 4.57 Å². The minimum atomic E-state index is -0.194. The highest BCUT2D eigenvalue weighted by molar-refractivity contribution is 6.16. The van der Waals surface area contributed by atoms with Gasteiger partial charge in [-0.25, -0.2) is 9.37 Å². The highest BCUT2D eigenvalue weighted by Crippen LogP contribution is 2.08. The average Bonchev–Trinajstić information content (AvgIpc) is 2.74. The van der Waals surface area contributed by atoms with E-state index in [-0.39, 0.29) is 5.82 Å². The van der Waals surface area contributed by atoms with Gasteiger partial charge in [0.1, 0.15) is 5.82 Å².